The molecule has 2 rings (SSSR count). The Morgan fingerprint density at radius 2 is 1.31 bits per heavy atom. The van der Waals surface area contributed by atoms with Gasteiger partial charge in [0, 0.05) is 13.0 Å². The number of rotatable bonds is 13. The van der Waals surface area contributed by atoms with E-state index in [1.54, 1.807) is 0 Å². The molecule has 210 valence electrons. The quantitative estimate of drug-likeness (QED) is 0.0749. The molecule has 0 heterocycles. The summed E-state index contributed by atoms with van der Waals surface area (Å²) in [4.78, 5) is 51.6. The van der Waals surface area contributed by atoms with Gasteiger partial charge in [0.25, 0.3) is 0 Å². The second kappa shape index (κ2) is 17.9. The number of alkyl carbamates (subject to hydrolysis) is 2. The van der Waals surface area contributed by atoms with E-state index in [2.05, 4.69) is 25.7 Å². The Balaban J connectivity index is 1.78. The normalized spacial score (nSPS) is 10.9. The fourth-order valence-corrected chi connectivity index (χ4v) is 3.16. The van der Waals surface area contributed by atoms with E-state index in [4.69, 9.17) is 9.47 Å². The third-order valence-corrected chi connectivity index (χ3v) is 5.17. The number of aliphatic hydroxyl groups is 1. The van der Waals surface area contributed by atoms with Crippen LogP contribution in [0, 0.1) is 0 Å². The van der Waals surface area contributed by atoms with Crippen LogP contribution in [0.3, 0.4) is 0 Å². The molecule has 3 amide bonds. The van der Waals surface area contributed by atoms with E-state index in [0.717, 1.165) is 18.2 Å². The van der Waals surface area contributed by atoms with Gasteiger partial charge in [-0.3, -0.25) is 20.4 Å². The second-order valence-electron chi connectivity index (χ2n) is 8.26. The number of carbonyl (C=O) groups is 4. The molecule has 1 atom stereocenters. The maximum Gasteiger partial charge on any atom is 0.414 e. The van der Waals surface area contributed by atoms with Crippen LogP contribution in [-0.4, -0.2) is 55.0 Å². The molecule has 0 saturated carbocycles. The van der Waals surface area contributed by atoms with Gasteiger partial charge in [0.2, 0.25) is 18.1 Å². The van der Waals surface area contributed by atoms with Crippen molar-refractivity contribution in [1.29, 1.82) is 0 Å². The Hall–Kier alpha value is -4.45. The molecule has 4 N–H and O–H groups in total. The van der Waals surface area contributed by atoms with Gasteiger partial charge in [-0.25, -0.2) is 14.4 Å². The number of unbranched alkanes of at least 4 members (excludes halogenated alkanes) is 3. The van der Waals surface area contributed by atoms with E-state index in [0.29, 0.717) is 25.7 Å². The van der Waals surface area contributed by atoms with Crippen molar-refractivity contribution in [3.05, 3.63) is 71.8 Å². The van der Waals surface area contributed by atoms with Gasteiger partial charge < -0.3 is 24.6 Å². The number of hydrogen-bond donors (Lipinski definition) is 4. The second-order valence-corrected chi connectivity index (χ2v) is 8.26. The van der Waals surface area contributed by atoms with E-state index in [1.807, 2.05) is 60.7 Å². The van der Waals surface area contributed by atoms with Gasteiger partial charge >= 0.3 is 18.2 Å². The summed E-state index contributed by atoms with van der Waals surface area (Å²) in [6.07, 6.45) is -0.600. The zero-order valence-electron chi connectivity index (χ0n) is 21.8. The molecule has 2 aromatic carbocycles. The summed E-state index contributed by atoms with van der Waals surface area (Å²) >= 11 is 0. The van der Waals surface area contributed by atoms with Gasteiger partial charge in [0.15, 0.2) is 0 Å². The maximum atomic E-state index is 12.3. The lowest BCUT2D eigenvalue weighted by Gasteiger charge is -2.12. The summed E-state index contributed by atoms with van der Waals surface area (Å²) in [6.45, 7) is 0.367. The highest BCUT2D eigenvalue weighted by molar-refractivity contribution is 6.01. The van der Waals surface area contributed by atoms with Crippen molar-refractivity contribution < 1.29 is 38.5 Å². The first-order valence-electron chi connectivity index (χ1n) is 12.4. The lowest BCUT2D eigenvalue weighted by molar-refractivity contribution is -0.154. The number of methoxy groups -OCH3 is 1. The van der Waals surface area contributed by atoms with Crippen molar-refractivity contribution in [3.63, 3.8) is 0 Å². The monoisotopic (exact) mass is 542 g/mol. The number of amides is 3. The van der Waals surface area contributed by atoms with Gasteiger partial charge in [-0.1, -0.05) is 73.5 Å². The van der Waals surface area contributed by atoms with E-state index in [9.17, 15) is 24.3 Å². The Bertz CT molecular complexity index is 1020. The molecule has 12 nitrogen and oxygen atoms in total. The summed E-state index contributed by atoms with van der Waals surface area (Å²) in [5, 5.41) is 16.4. The number of aliphatic hydroxyl groups excluding tert-OH is 1. The van der Waals surface area contributed by atoms with E-state index in [1.165, 1.54) is 0 Å². The van der Waals surface area contributed by atoms with Crippen LogP contribution in [0.4, 0.5) is 9.59 Å². The predicted octanol–water partition coefficient (Wildman–Crippen LogP) is 2.75. The number of nitrogens with one attached hydrogen (secondary N) is 3. The minimum atomic E-state index is -1.69. The third-order valence-electron chi connectivity index (χ3n) is 5.17. The molecule has 39 heavy (non-hydrogen) atoms. The smallest absolute Gasteiger partial charge is 0.414 e. The van der Waals surface area contributed by atoms with E-state index in [-0.39, 0.29) is 32.1 Å². The summed E-state index contributed by atoms with van der Waals surface area (Å²) in [5.41, 5.74) is 1.60. The van der Waals surface area contributed by atoms with Crippen molar-refractivity contribution >= 4 is 30.0 Å². The molecule has 0 radical (unpaired) electrons. The highest BCUT2D eigenvalue weighted by Gasteiger charge is 2.17. The van der Waals surface area contributed by atoms with Crippen LogP contribution in [0.25, 0.3) is 0 Å². The van der Waals surface area contributed by atoms with Crippen molar-refractivity contribution in [2.24, 2.45) is 4.99 Å². The maximum absolute atomic E-state index is 12.3. The highest BCUT2D eigenvalue weighted by Crippen LogP contribution is 2.05. The van der Waals surface area contributed by atoms with Crippen LogP contribution in [0.15, 0.2) is 65.7 Å². The lowest BCUT2D eigenvalue weighted by Crippen LogP contribution is -2.44. The first-order chi connectivity index (χ1) is 18.9. The van der Waals surface area contributed by atoms with Crippen LogP contribution in [0.1, 0.15) is 43.2 Å². The standard InChI is InChI=1S/C27H34N4O8/c1-37-24(34)23(33)29-22(32)16-10-2-3-11-17-28-25(30-26(35)38-18-20-12-6-4-7-13-20)31-27(36)39-19-21-14-8-5-9-15-21/h4-9,12-15,23,33H,2-3,10-11,16-19H2,1H3,(H,29,32)(H2,28,30,31,35,36)/t23-/m0/s1. The molecule has 0 spiro atoms. The van der Waals surface area contributed by atoms with E-state index >= 15 is 0 Å². The van der Waals surface area contributed by atoms with Crippen LogP contribution in [0.2, 0.25) is 0 Å². The molecule has 0 aromatic heterocycles. The van der Waals surface area contributed by atoms with Gasteiger partial charge in [-0.2, -0.15) is 0 Å². The van der Waals surface area contributed by atoms with Crippen LogP contribution in [-0.2, 0) is 37.0 Å². The first kappa shape index (κ1) is 30.8. The lowest BCUT2D eigenvalue weighted by atomic mass is 10.1. The molecule has 0 saturated heterocycles. The number of aliphatic imine (C=N–C) groups is 1. The zero-order chi connectivity index (χ0) is 28.3. The number of benzene rings is 2. The van der Waals surface area contributed by atoms with Crippen molar-refractivity contribution in [2.75, 3.05) is 13.7 Å². The van der Waals surface area contributed by atoms with Crippen molar-refractivity contribution in [3.8, 4) is 0 Å². The molecular weight excluding hydrogens is 508 g/mol. The van der Waals surface area contributed by atoms with Gasteiger partial charge in [-0.15, -0.1) is 0 Å². The highest BCUT2D eigenvalue weighted by atomic mass is 16.6. The molecule has 0 aliphatic heterocycles. The fourth-order valence-electron chi connectivity index (χ4n) is 3.16. The minimum absolute atomic E-state index is 0.0443. The SMILES string of the molecule is COC(=O)[C@H](O)NC(=O)CCCCCCN=C(NC(=O)OCc1ccccc1)NC(=O)OCc1ccccc1. The van der Waals surface area contributed by atoms with E-state index < -0.39 is 30.3 Å². The molecule has 0 unspecified atom stereocenters. The Kier molecular flexibility index (Phi) is 14.1. The zero-order valence-corrected chi connectivity index (χ0v) is 21.8. The largest absolute Gasteiger partial charge is 0.466 e. The average Bonchev–Trinajstić information content (AvgIpc) is 2.95. The molecule has 12 heteroatoms. The van der Waals surface area contributed by atoms with Gasteiger partial charge in [0.1, 0.15) is 13.2 Å². The van der Waals surface area contributed by atoms with Gasteiger partial charge in [-0.05, 0) is 24.0 Å². The molecule has 0 aliphatic carbocycles. The molecule has 0 aliphatic rings. The van der Waals surface area contributed by atoms with Crippen LogP contribution in [0.5, 0.6) is 0 Å². The third kappa shape index (κ3) is 13.6. The summed E-state index contributed by atoms with van der Waals surface area (Å²) < 4.78 is 14.7. The Morgan fingerprint density at radius 3 is 1.82 bits per heavy atom. The summed E-state index contributed by atoms with van der Waals surface area (Å²) in [6, 6.07) is 18.3. The van der Waals surface area contributed by atoms with Gasteiger partial charge in [0.05, 0.1) is 7.11 Å². The fraction of sp³-hybridized carbons (Fsp3) is 0.370. The summed E-state index contributed by atoms with van der Waals surface area (Å²) in [7, 11) is 1.11. The Labute approximate surface area is 226 Å². The number of esters is 1. The van der Waals surface area contributed by atoms with Crippen LogP contribution < -0.4 is 16.0 Å². The topological polar surface area (TPSA) is 165 Å². The molecule has 0 bridgehead atoms. The average molecular weight is 543 g/mol. The molecular formula is C27H34N4O8. The Morgan fingerprint density at radius 1 is 0.795 bits per heavy atom. The molecule has 0 fully saturated rings. The number of carbonyl (C=O) groups excluding carboxylic acids is 4. The van der Waals surface area contributed by atoms with Crippen LogP contribution >= 0.6 is 0 Å². The predicted molar refractivity (Wildman–Crippen MR) is 141 cm³/mol. The number of hydrogen-bond acceptors (Lipinski definition) is 9. The van der Waals surface area contributed by atoms with Crippen molar-refractivity contribution in [1.82, 2.24) is 16.0 Å². The molecule has 2 aromatic rings. The number of ether oxygens (including phenoxy) is 3. The number of guanidine groups is 1. The summed E-state index contributed by atoms with van der Waals surface area (Å²) in [5.74, 6) is -1.51. The first-order valence-corrected chi connectivity index (χ1v) is 12.4. The number of nitrogens with zero attached hydrogens (tertiary/aromatic N) is 1. The minimum Gasteiger partial charge on any atom is -0.466 e. The van der Waals surface area contributed by atoms with Crippen molar-refractivity contribution in [2.45, 2.75) is 51.5 Å².